The van der Waals surface area contributed by atoms with Crippen LogP contribution in [0.3, 0.4) is 0 Å². The summed E-state index contributed by atoms with van der Waals surface area (Å²) >= 11 is 0. The molecule has 6 nitrogen and oxygen atoms in total. The first kappa shape index (κ1) is 19.2. The van der Waals surface area contributed by atoms with Crippen molar-refractivity contribution in [3.63, 3.8) is 0 Å². The molecule has 3 heterocycles. The van der Waals surface area contributed by atoms with Gasteiger partial charge in [-0.05, 0) is 83.9 Å². The molecule has 3 rings (SSSR count). The second-order valence-corrected chi connectivity index (χ2v) is 7.62. The molecule has 0 bridgehead atoms. The molecule has 2 saturated heterocycles. The highest BCUT2D eigenvalue weighted by atomic mass is 16.3. The van der Waals surface area contributed by atoms with Crippen LogP contribution >= 0.6 is 0 Å². The Balaban J connectivity index is 1.57. The lowest BCUT2D eigenvalue weighted by atomic mass is 9.97. The Hall–Kier alpha value is -1.53. The van der Waals surface area contributed by atoms with Crippen LogP contribution in [0.4, 0.5) is 0 Å². The number of hydrogen-bond acceptors (Lipinski definition) is 4. The van der Waals surface area contributed by atoms with E-state index in [2.05, 4.69) is 40.5 Å². The normalized spacial score (nSPS) is 21.8. The van der Waals surface area contributed by atoms with Crippen LogP contribution < -0.4 is 10.6 Å². The average Bonchev–Trinajstić information content (AvgIpc) is 3.35. The minimum Gasteiger partial charge on any atom is -0.468 e. The standard InChI is InChI=1S/C20H35N5O/c1-3-21-20(22-15-17-8-12-24(2)13-9-17)23-16-18(19-7-6-14-26-19)25-10-4-5-11-25/h6-7,14,17-18H,3-5,8-13,15-16H2,1-2H3,(H2,21,22,23). The van der Waals surface area contributed by atoms with Crippen molar-refractivity contribution < 1.29 is 4.42 Å². The van der Waals surface area contributed by atoms with E-state index >= 15 is 0 Å². The summed E-state index contributed by atoms with van der Waals surface area (Å²) in [6.45, 7) is 9.43. The summed E-state index contributed by atoms with van der Waals surface area (Å²) in [5.74, 6) is 2.71. The van der Waals surface area contributed by atoms with Crippen molar-refractivity contribution in [1.82, 2.24) is 20.4 Å². The maximum absolute atomic E-state index is 5.71. The number of likely N-dealkylation sites (tertiary alicyclic amines) is 2. The predicted octanol–water partition coefficient (Wildman–Crippen LogP) is 2.31. The molecule has 1 unspecified atom stereocenters. The SMILES string of the molecule is CCNC(=NCC(c1ccco1)N1CCCC1)NCC1CCN(C)CC1. The number of guanidine groups is 1. The zero-order valence-electron chi connectivity index (χ0n) is 16.4. The van der Waals surface area contributed by atoms with Crippen LogP contribution in [0.1, 0.15) is 44.4 Å². The van der Waals surface area contributed by atoms with E-state index in [1.54, 1.807) is 6.26 Å². The van der Waals surface area contributed by atoms with E-state index in [-0.39, 0.29) is 6.04 Å². The number of furan rings is 1. The van der Waals surface area contributed by atoms with E-state index in [4.69, 9.17) is 9.41 Å². The van der Waals surface area contributed by atoms with Gasteiger partial charge < -0.3 is 20.0 Å². The summed E-state index contributed by atoms with van der Waals surface area (Å²) in [5.41, 5.74) is 0. The monoisotopic (exact) mass is 361 g/mol. The van der Waals surface area contributed by atoms with Crippen LogP contribution in [0.2, 0.25) is 0 Å². The highest BCUT2D eigenvalue weighted by Crippen LogP contribution is 2.25. The molecule has 0 saturated carbocycles. The van der Waals surface area contributed by atoms with E-state index in [1.807, 2.05) is 6.07 Å². The molecule has 6 heteroatoms. The molecule has 0 amide bonds. The third-order valence-corrected chi connectivity index (χ3v) is 5.62. The van der Waals surface area contributed by atoms with Crippen molar-refractivity contribution in [3.8, 4) is 0 Å². The number of nitrogens with one attached hydrogen (secondary N) is 2. The maximum atomic E-state index is 5.71. The largest absolute Gasteiger partial charge is 0.468 e. The molecule has 1 aromatic heterocycles. The van der Waals surface area contributed by atoms with Gasteiger partial charge in [0.2, 0.25) is 0 Å². The second kappa shape index (κ2) is 9.97. The first-order valence-corrected chi connectivity index (χ1v) is 10.2. The fourth-order valence-corrected chi connectivity index (χ4v) is 3.95. The van der Waals surface area contributed by atoms with Gasteiger partial charge >= 0.3 is 0 Å². The van der Waals surface area contributed by atoms with Crippen molar-refractivity contribution in [3.05, 3.63) is 24.2 Å². The Morgan fingerprint density at radius 2 is 2.00 bits per heavy atom. The van der Waals surface area contributed by atoms with Crippen molar-refractivity contribution in [2.24, 2.45) is 10.9 Å². The minimum atomic E-state index is 0.242. The Morgan fingerprint density at radius 3 is 2.65 bits per heavy atom. The van der Waals surface area contributed by atoms with E-state index in [0.717, 1.165) is 50.4 Å². The van der Waals surface area contributed by atoms with Crippen molar-refractivity contribution in [2.45, 2.75) is 38.6 Å². The number of aliphatic imine (C=N–C) groups is 1. The summed E-state index contributed by atoms with van der Waals surface area (Å²) in [4.78, 5) is 9.82. The first-order chi connectivity index (χ1) is 12.8. The van der Waals surface area contributed by atoms with Crippen LogP contribution in [0.25, 0.3) is 0 Å². The number of piperidine rings is 1. The van der Waals surface area contributed by atoms with Gasteiger partial charge in [-0.3, -0.25) is 9.89 Å². The number of hydrogen-bond donors (Lipinski definition) is 2. The number of nitrogens with zero attached hydrogens (tertiary/aromatic N) is 3. The van der Waals surface area contributed by atoms with Crippen molar-refractivity contribution in [2.75, 3.05) is 52.9 Å². The molecule has 0 aliphatic carbocycles. The third kappa shape index (κ3) is 5.48. The maximum Gasteiger partial charge on any atom is 0.191 e. The zero-order chi connectivity index (χ0) is 18.2. The fraction of sp³-hybridized carbons (Fsp3) is 0.750. The first-order valence-electron chi connectivity index (χ1n) is 10.2. The Labute approximate surface area is 158 Å². The van der Waals surface area contributed by atoms with Gasteiger partial charge in [-0.15, -0.1) is 0 Å². The molecular formula is C20H35N5O. The molecule has 146 valence electrons. The van der Waals surface area contributed by atoms with Gasteiger partial charge in [0, 0.05) is 13.1 Å². The quantitative estimate of drug-likeness (QED) is 0.577. The number of rotatable bonds is 7. The van der Waals surface area contributed by atoms with Gasteiger partial charge in [-0.1, -0.05) is 0 Å². The zero-order valence-corrected chi connectivity index (χ0v) is 16.4. The van der Waals surface area contributed by atoms with Gasteiger partial charge in [0.25, 0.3) is 0 Å². The van der Waals surface area contributed by atoms with Crippen LogP contribution in [0.5, 0.6) is 0 Å². The minimum absolute atomic E-state index is 0.242. The van der Waals surface area contributed by atoms with Gasteiger partial charge in [0.15, 0.2) is 5.96 Å². The summed E-state index contributed by atoms with van der Waals surface area (Å²) in [7, 11) is 2.21. The molecule has 2 aliphatic rings. The van der Waals surface area contributed by atoms with E-state index in [0.29, 0.717) is 0 Å². The summed E-state index contributed by atoms with van der Waals surface area (Å²) in [5, 5.41) is 6.97. The third-order valence-electron chi connectivity index (χ3n) is 5.62. The van der Waals surface area contributed by atoms with Crippen molar-refractivity contribution in [1.29, 1.82) is 0 Å². The Bertz CT molecular complexity index is 530. The summed E-state index contributed by atoms with van der Waals surface area (Å²) in [6, 6.07) is 4.30. The topological polar surface area (TPSA) is 56.0 Å². The predicted molar refractivity (Wildman–Crippen MR) is 106 cm³/mol. The second-order valence-electron chi connectivity index (χ2n) is 7.62. The highest BCUT2D eigenvalue weighted by Gasteiger charge is 2.25. The van der Waals surface area contributed by atoms with Crippen LogP contribution in [-0.2, 0) is 0 Å². The Morgan fingerprint density at radius 1 is 1.23 bits per heavy atom. The van der Waals surface area contributed by atoms with E-state index in [1.165, 1.54) is 38.8 Å². The lowest BCUT2D eigenvalue weighted by Crippen LogP contribution is -2.42. The van der Waals surface area contributed by atoms with Gasteiger partial charge in [0.1, 0.15) is 5.76 Å². The van der Waals surface area contributed by atoms with Gasteiger partial charge in [-0.2, -0.15) is 0 Å². The van der Waals surface area contributed by atoms with Crippen LogP contribution in [0, 0.1) is 5.92 Å². The van der Waals surface area contributed by atoms with Crippen LogP contribution in [0.15, 0.2) is 27.8 Å². The summed E-state index contributed by atoms with van der Waals surface area (Å²) in [6.07, 6.45) is 6.85. The molecule has 2 N–H and O–H groups in total. The molecule has 0 spiro atoms. The van der Waals surface area contributed by atoms with Crippen LogP contribution in [-0.4, -0.2) is 68.6 Å². The van der Waals surface area contributed by atoms with Gasteiger partial charge in [0.05, 0.1) is 18.8 Å². The lowest BCUT2D eigenvalue weighted by molar-refractivity contribution is 0.218. The molecule has 0 radical (unpaired) electrons. The molecule has 1 aromatic rings. The average molecular weight is 362 g/mol. The van der Waals surface area contributed by atoms with E-state index in [9.17, 15) is 0 Å². The highest BCUT2D eigenvalue weighted by molar-refractivity contribution is 5.79. The molecule has 26 heavy (non-hydrogen) atoms. The summed E-state index contributed by atoms with van der Waals surface area (Å²) < 4.78 is 5.71. The molecule has 2 fully saturated rings. The smallest absolute Gasteiger partial charge is 0.191 e. The Kier molecular flexibility index (Phi) is 7.38. The van der Waals surface area contributed by atoms with E-state index < -0.39 is 0 Å². The lowest BCUT2D eigenvalue weighted by Gasteiger charge is -2.29. The molecule has 2 aliphatic heterocycles. The van der Waals surface area contributed by atoms with Gasteiger partial charge in [-0.25, -0.2) is 0 Å². The van der Waals surface area contributed by atoms with Crippen molar-refractivity contribution >= 4 is 5.96 Å². The molecule has 0 aromatic carbocycles. The molecular weight excluding hydrogens is 326 g/mol. The fourth-order valence-electron chi connectivity index (χ4n) is 3.95. The molecule has 1 atom stereocenters.